The van der Waals surface area contributed by atoms with E-state index >= 15 is 0 Å². The van der Waals surface area contributed by atoms with E-state index < -0.39 is 0 Å². The van der Waals surface area contributed by atoms with Crippen molar-refractivity contribution in [2.45, 2.75) is 18.9 Å². The van der Waals surface area contributed by atoms with Crippen LogP contribution >= 0.6 is 23.2 Å². The quantitative estimate of drug-likeness (QED) is 0.800. The van der Waals surface area contributed by atoms with Crippen LogP contribution in [0, 0.1) is 0 Å². The molecule has 4 nitrogen and oxygen atoms in total. The van der Waals surface area contributed by atoms with Gasteiger partial charge in [0, 0.05) is 12.1 Å². The average Bonchev–Trinajstić information content (AvgIpc) is 2.80. The van der Waals surface area contributed by atoms with Crippen molar-refractivity contribution in [1.82, 2.24) is 10.6 Å². The Morgan fingerprint density at radius 2 is 2.26 bits per heavy atom. The van der Waals surface area contributed by atoms with Crippen LogP contribution in [0.15, 0.2) is 18.2 Å². The van der Waals surface area contributed by atoms with Gasteiger partial charge in [0.15, 0.2) is 0 Å². The molecule has 104 valence electrons. The van der Waals surface area contributed by atoms with E-state index in [1.807, 2.05) is 0 Å². The summed E-state index contributed by atoms with van der Waals surface area (Å²) in [5, 5.41) is 10.1. The molecular formula is C13H17Cl2N3O. The second-order valence-corrected chi connectivity index (χ2v) is 5.78. The van der Waals surface area contributed by atoms with Crippen LogP contribution < -0.4 is 16.0 Å². The molecule has 1 aromatic carbocycles. The van der Waals surface area contributed by atoms with Crippen molar-refractivity contribution in [2.24, 2.45) is 0 Å². The van der Waals surface area contributed by atoms with Crippen molar-refractivity contribution < 1.29 is 4.79 Å². The Balaban J connectivity index is 1.89. The summed E-state index contributed by atoms with van der Waals surface area (Å²) in [4.78, 5) is 11.9. The summed E-state index contributed by atoms with van der Waals surface area (Å²) < 4.78 is 0. The predicted octanol–water partition coefficient (Wildman–Crippen LogP) is 2.27. The number of anilines is 1. The molecule has 3 N–H and O–H groups in total. The molecule has 1 heterocycles. The van der Waals surface area contributed by atoms with Gasteiger partial charge in [-0.25, -0.2) is 0 Å². The molecule has 0 aromatic heterocycles. The fraction of sp³-hybridized carbons (Fsp3) is 0.462. The predicted molar refractivity (Wildman–Crippen MR) is 79.0 cm³/mol. The number of nitrogens with one attached hydrogen (secondary N) is 3. The lowest BCUT2D eigenvalue weighted by molar-refractivity contribution is -0.115. The van der Waals surface area contributed by atoms with Crippen LogP contribution in [0.1, 0.15) is 13.3 Å². The van der Waals surface area contributed by atoms with E-state index in [1.54, 1.807) is 18.2 Å². The number of halogens is 2. The Morgan fingerprint density at radius 3 is 2.95 bits per heavy atom. The van der Waals surface area contributed by atoms with Gasteiger partial charge in [-0.2, -0.15) is 0 Å². The summed E-state index contributed by atoms with van der Waals surface area (Å²) in [6, 6.07) is 5.16. The highest BCUT2D eigenvalue weighted by Gasteiger charge is 2.28. The first-order valence-corrected chi connectivity index (χ1v) is 6.95. The summed E-state index contributed by atoms with van der Waals surface area (Å²) in [6.45, 7) is 4.21. The number of benzene rings is 1. The SMILES string of the molecule is CC1(NCC(=O)Nc2cccc(Cl)c2Cl)CCNC1. The second-order valence-electron chi connectivity index (χ2n) is 4.99. The van der Waals surface area contributed by atoms with Gasteiger partial charge in [0.05, 0.1) is 22.3 Å². The highest BCUT2D eigenvalue weighted by atomic mass is 35.5. The van der Waals surface area contributed by atoms with Gasteiger partial charge in [-0.05, 0) is 32.0 Å². The van der Waals surface area contributed by atoms with Crippen molar-refractivity contribution in [1.29, 1.82) is 0 Å². The van der Waals surface area contributed by atoms with Crippen LogP contribution in [0.3, 0.4) is 0 Å². The molecule has 0 spiro atoms. The summed E-state index contributed by atoms with van der Waals surface area (Å²) in [6.07, 6.45) is 1.01. The van der Waals surface area contributed by atoms with Crippen LogP contribution in [0.5, 0.6) is 0 Å². The first kappa shape index (κ1) is 14.6. The Bertz CT molecular complexity index is 473. The largest absolute Gasteiger partial charge is 0.324 e. The zero-order valence-corrected chi connectivity index (χ0v) is 12.2. The third kappa shape index (κ3) is 3.83. The fourth-order valence-corrected chi connectivity index (χ4v) is 2.40. The first-order valence-electron chi connectivity index (χ1n) is 6.20. The number of hydrogen-bond donors (Lipinski definition) is 3. The summed E-state index contributed by atoms with van der Waals surface area (Å²) in [5.41, 5.74) is 0.519. The molecule has 0 radical (unpaired) electrons. The zero-order valence-electron chi connectivity index (χ0n) is 10.7. The lowest BCUT2D eigenvalue weighted by Crippen LogP contribution is -2.47. The van der Waals surface area contributed by atoms with Crippen LogP contribution in [0.4, 0.5) is 5.69 Å². The molecule has 1 atom stereocenters. The number of carbonyl (C=O) groups is 1. The van der Waals surface area contributed by atoms with Crippen molar-refractivity contribution in [3.8, 4) is 0 Å². The summed E-state index contributed by atoms with van der Waals surface area (Å²) in [7, 11) is 0. The molecule has 1 aliphatic rings. The van der Waals surface area contributed by atoms with Gasteiger partial charge < -0.3 is 16.0 Å². The van der Waals surface area contributed by atoms with E-state index in [9.17, 15) is 4.79 Å². The van der Waals surface area contributed by atoms with E-state index in [1.165, 1.54) is 0 Å². The van der Waals surface area contributed by atoms with Gasteiger partial charge in [-0.1, -0.05) is 29.3 Å². The minimum Gasteiger partial charge on any atom is -0.324 e. The van der Waals surface area contributed by atoms with E-state index in [-0.39, 0.29) is 18.0 Å². The number of rotatable bonds is 4. The second kappa shape index (κ2) is 6.09. The van der Waals surface area contributed by atoms with Crippen molar-refractivity contribution in [3.05, 3.63) is 28.2 Å². The molecule has 1 saturated heterocycles. The molecule has 0 bridgehead atoms. The highest BCUT2D eigenvalue weighted by Crippen LogP contribution is 2.29. The van der Waals surface area contributed by atoms with Gasteiger partial charge in [0.1, 0.15) is 0 Å². The lowest BCUT2D eigenvalue weighted by Gasteiger charge is -2.24. The average molecular weight is 302 g/mol. The van der Waals surface area contributed by atoms with Gasteiger partial charge >= 0.3 is 0 Å². The van der Waals surface area contributed by atoms with Gasteiger partial charge in [-0.15, -0.1) is 0 Å². The van der Waals surface area contributed by atoms with Gasteiger partial charge in [0.2, 0.25) is 5.91 Å². The Labute approximate surface area is 122 Å². The standard InChI is InChI=1S/C13H17Cl2N3O/c1-13(5-6-16-8-13)17-7-11(19)18-10-4-2-3-9(14)12(10)15/h2-4,16-17H,5-8H2,1H3,(H,18,19). The highest BCUT2D eigenvalue weighted by molar-refractivity contribution is 6.43. The molecule has 1 fully saturated rings. The molecular weight excluding hydrogens is 285 g/mol. The normalized spacial score (nSPS) is 22.5. The summed E-state index contributed by atoms with van der Waals surface area (Å²) >= 11 is 11.9. The first-order chi connectivity index (χ1) is 9.00. The van der Waals surface area contributed by atoms with Gasteiger partial charge in [-0.3, -0.25) is 4.79 Å². The number of carbonyl (C=O) groups excluding carboxylic acids is 1. The third-order valence-corrected chi connectivity index (χ3v) is 4.09. The maximum Gasteiger partial charge on any atom is 0.238 e. The summed E-state index contributed by atoms with van der Waals surface area (Å²) in [5.74, 6) is -0.128. The zero-order chi connectivity index (χ0) is 13.9. The monoisotopic (exact) mass is 301 g/mol. The molecule has 1 aromatic rings. The topological polar surface area (TPSA) is 53.2 Å². The lowest BCUT2D eigenvalue weighted by atomic mass is 10.0. The van der Waals surface area contributed by atoms with Crippen LogP contribution in [0.25, 0.3) is 0 Å². The van der Waals surface area contributed by atoms with E-state index in [2.05, 4.69) is 22.9 Å². The van der Waals surface area contributed by atoms with Crippen LogP contribution in [-0.2, 0) is 4.79 Å². The minimum atomic E-state index is -0.128. The Kier molecular flexibility index (Phi) is 4.68. The molecule has 0 aliphatic carbocycles. The maximum absolute atomic E-state index is 11.9. The molecule has 1 unspecified atom stereocenters. The number of amides is 1. The van der Waals surface area contributed by atoms with Crippen molar-refractivity contribution >= 4 is 34.8 Å². The molecule has 1 amide bonds. The number of hydrogen-bond acceptors (Lipinski definition) is 3. The Morgan fingerprint density at radius 1 is 1.47 bits per heavy atom. The fourth-order valence-electron chi connectivity index (χ4n) is 2.06. The van der Waals surface area contributed by atoms with Crippen molar-refractivity contribution in [2.75, 3.05) is 25.0 Å². The van der Waals surface area contributed by atoms with E-state index in [0.29, 0.717) is 15.7 Å². The third-order valence-electron chi connectivity index (χ3n) is 3.27. The smallest absolute Gasteiger partial charge is 0.238 e. The molecule has 0 saturated carbocycles. The molecule has 1 aliphatic heterocycles. The molecule has 19 heavy (non-hydrogen) atoms. The van der Waals surface area contributed by atoms with Crippen LogP contribution in [-0.4, -0.2) is 31.1 Å². The van der Waals surface area contributed by atoms with Crippen molar-refractivity contribution in [3.63, 3.8) is 0 Å². The van der Waals surface area contributed by atoms with E-state index in [4.69, 9.17) is 23.2 Å². The van der Waals surface area contributed by atoms with Crippen LogP contribution in [0.2, 0.25) is 10.0 Å². The Hall–Kier alpha value is -0.810. The molecule has 2 rings (SSSR count). The molecule has 6 heteroatoms. The minimum absolute atomic E-state index is 0.0184. The van der Waals surface area contributed by atoms with E-state index in [0.717, 1.165) is 19.5 Å². The maximum atomic E-state index is 11.9. The van der Waals surface area contributed by atoms with Gasteiger partial charge in [0.25, 0.3) is 0 Å².